The number of primary amides is 1. The van der Waals surface area contributed by atoms with E-state index in [1.807, 2.05) is 31.2 Å². The number of ketones is 1. The summed E-state index contributed by atoms with van der Waals surface area (Å²) in [5.74, 6) is -2.45. The third-order valence-electron chi connectivity index (χ3n) is 6.73. The van der Waals surface area contributed by atoms with E-state index in [1.165, 1.54) is 4.90 Å². The number of carbonyl (C=O) groups is 5. The molecule has 0 aromatic heterocycles. The van der Waals surface area contributed by atoms with E-state index < -0.39 is 41.8 Å². The van der Waals surface area contributed by atoms with Crippen molar-refractivity contribution in [3.63, 3.8) is 0 Å². The lowest BCUT2D eigenvalue weighted by Crippen LogP contribution is -2.58. The SMILES string of the molecule is CCCC(NC(=O)C1CCCN1C(=O)C(NC(N)=O)C1Cc2ccccc2C1)C(=O)C(=O)NCC. The predicted octanol–water partition coefficient (Wildman–Crippen LogP) is 0.419. The molecule has 0 bridgehead atoms. The maximum Gasteiger partial charge on any atom is 0.312 e. The van der Waals surface area contributed by atoms with Crippen molar-refractivity contribution in [3.8, 4) is 0 Å². The van der Waals surface area contributed by atoms with Crippen molar-refractivity contribution in [3.05, 3.63) is 35.4 Å². The topological polar surface area (TPSA) is 151 Å². The minimum absolute atomic E-state index is 0.177. The van der Waals surface area contributed by atoms with Gasteiger partial charge in [0.1, 0.15) is 12.1 Å². The zero-order valence-electron chi connectivity index (χ0n) is 20.3. The average Bonchev–Trinajstić information content (AvgIpc) is 3.48. The number of urea groups is 1. The van der Waals surface area contributed by atoms with Gasteiger partial charge in [-0.3, -0.25) is 19.2 Å². The lowest BCUT2D eigenvalue weighted by atomic mass is 9.95. The lowest BCUT2D eigenvalue weighted by Gasteiger charge is -2.31. The number of hydrogen-bond acceptors (Lipinski definition) is 5. The Balaban J connectivity index is 1.74. The molecular weight excluding hydrogens is 450 g/mol. The van der Waals surface area contributed by atoms with E-state index in [9.17, 15) is 24.0 Å². The van der Waals surface area contributed by atoms with Crippen LogP contribution < -0.4 is 21.7 Å². The van der Waals surface area contributed by atoms with Gasteiger partial charge >= 0.3 is 6.03 Å². The van der Waals surface area contributed by atoms with E-state index in [1.54, 1.807) is 6.92 Å². The Morgan fingerprint density at radius 2 is 1.71 bits per heavy atom. The van der Waals surface area contributed by atoms with Gasteiger partial charge in [-0.05, 0) is 56.1 Å². The maximum absolute atomic E-state index is 13.6. The minimum atomic E-state index is -0.958. The molecule has 3 rings (SSSR count). The summed E-state index contributed by atoms with van der Waals surface area (Å²) >= 11 is 0. The van der Waals surface area contributed by atoms with Gasteiger partial charge < -0.3 is 26.6 Å². The number of benzene rings is 1. The van der Waals surface area contributed by atoms with E-state index in [4.69, 9.17) is 5.73 Å². The first-order valence-corrected chi connectivity index (χ1v) is 12.3. The maximum atomic E-state index is 13.6. The molecule has 1 aliphatic heterocycles. The Labute approximate surface area is 205 Å². The zero-order valence-corrected chi connectivity index (χ0v) is 20.3. The van der Waals surface area contributed by atoms with Gasteiger partial charge in [0.15, 0.2) is 0 Å². The highest BCUT2D eigenvalue weighted by molar-refractivity contribution is 6.38. The van der Waals surface area contributed by atoms with E-state index in [2.05, 4.69) is 16.0 Å². The molecule has 3 atom stereocenters. The first kappa shape index (κ1) is 26.2. The molecule has 190 valence electrons. The second-order valence-electron chi connectivity index (χ2n) is 9.19. The van der Waals surface area contributed by atoms with Crippen LogP contribution in [0, 0.1) is 5.92 Å². The monoisotopic (exact) mass is 485 g/mol. The number of Topliss-reactive ketones (excluding diaryl/α,β-unsaturated/α-hetero) is 1. The molecule has 5 amide bonds. The van der Waals surface area contributed by atoms with Crippen LogP contribution in [0.5, 0.6) is 0 Å². The summed E-state index contributed by atoms with van der Waals surface area (Å²) in [5, 5.41) is 7.77. The second-order valence-corrected chi connectivity index (χ2v) is 9.19. The first-order chi connectivity index (χ1) is 16.8. The highest BCUT2D eigenvalue weighted by Crippen LogP contribution is 2.30. The Bertz CT molecular complexity index is 956. The molecule has 35 heavy (non-hydrogen) atoms. The summed E-state index contributed by atoms with van der Waals surface area (Å²) in [4.78, 5) is 64.6. The van der Waals surface area contributed by atoms with Gasteiger partial charge in [0.05, 0.1) is 6.04 Å². The molecule has 1 aromatic carbocycles. The van der Waals surface area contributed by atoms with Gasteiger partial charge in [-0.2, -0.15) is 0 Å². The van der Waals surface area contributed by atoms with Gasteiger partial charge in [-0.15, -0.1) is 0 Å². The molecule has 1 aromatic rings. The van der Waals surface area contributed by atoms with Crippen LogP contribution in [-0.2, 0) is 32.0 Å². The molecule has 1 heterocycles. The number of rotatable bonds is 10. The minimum Gasteiger partial charge on any atom is -0.352 e. The van der Waals surface area contributed by atoms with Gasteiger partial charge in [0, 0.05) is 13.1 Å². The second kappa shape index (κ2) is 11.8. The molecular formula is C25H35N5O5. The van der Waals surface area contributed by atoms with Crippen LogP contribution in [-0.4, -0.2) is 65.7 Å². The Morgan fingerprint density at radius 3 is 2.29 bits per heavy atom. The normalized spacial score (nSPS) is 18.9. The Kier molecular flexibility index (Phi) is 8.84. The standard InChI is InChI=1S/C25H35N5O5/c1-3-8-18(21(31)23(33)27-4-2)28-22(32)19-11-7-12-30(19)24(34)20(29-25(26)35)17-13-15-9-5-6-10-16(15)14-17/h5-6,9-10,17-20H,3-4,7-8,11-14H2,1-2H3,(H,27,33)(H,28,32)(H3,26,29,35). The van der Waals surface area contributed by atoms with Crippen molar-refractivity contribution in [2.24, 2.45) is 11.7 Å². The molecule has 2 aliphatic rings. The van der Waals surface area contributed by atoms with Gasteiger partial charge in [0.2, 0.25) is 17.6 Å². The molecule has 0 radical (unpaired) electrons. The van der Waals surface area contributed by atoms with Crippen LogP contribution in [0.3, 0.4) is 0 Å². The van der Waals surface area contributed by atoms with Crippen molar-refractivity contribution >= 4 is 29.5 Å². The van der Waals surface area contributed by atoms with Gasteiger partial charge in [-0.25, -0.2) is 4.79 Å². The van der Waals surface area contributed by atoms with E-state index in [0.717, 1.165) is 11.1 Å². The third-order valence-corrected chi connectivity index (χ3v) is 6.73. The number of nitrogens with two attached hydrogens (primary N) is 1. The summed E-state index contributed by atoms with van der Waals surface area (Å²) in [7, 11) is 0. The van der Waals surface area contributed by atoms with E-state index >= 15 is 0 Å². The van der Waals surface area contributed by atoms with Crippen molar-refractivity contribution < 1.29 is 24.0 Å². The molecule has 1 saturated heterocycles. The Hall–Kier alpha value is -3.43. The average molecular weight is 486 g/mol. The molecule has 10 heteroatoms. The van der Waals surface area contributed by atoms with Crippen molar-refractivity contribution in [2.75, 3.05) is 13.1 Å². The molecule has 0 saturated carbocycles. The quantitative estimate of drug-likeness (QED) is 0.354. The number of amides is 5. The highest BCUT2D eigenvalue weighted by atomic mass is 16.2. The number of nitrogens with zero attached hydrogens (tertiary/aromatic N) is 1. The third kappa shape index (κ3) is 6.17. The number of carbonyl (C=O) groups excluding carboxylic acids is 5. The summed E-state index contributed by atoms with van der Waals surface area (Å²) in [6.07, 6.45) is 3.19. The molecule has 10 nitrogen and oxygen atoms in total. The van der Waals surface area contributed by atoms with Crippen molar-refractivity contribution in [2.45, 2.75) is 70.5 Å². The Morgan fingerprint density at radius 1 is 1.06 bits per heavy atom. The fourth-order valence-corrected chi connectivity index (χ4v) is 5.08. The molecule has 3 unspecified atom stereocenters. The number of hydrogen-bond donors (Lipinski definition) is 4. The lowest BCUT2D eigenvalue weighted by molar-refractivity contribution is -0.143. The van der Waals surface area contributed by atoms with Crippen LogP contribution in [0.15, 0.2) is 24.3 Å². The fraction of sp³-hybridized carbons (Fsp3) is 0.560. The largest absolute Gasteiger partial charge is 0.352 e. The molecule has 1 aliphatic carbocycles. The highest BCUT2D eigenvalue weighted by Gasteiger charge is 2.42. The van der Waals surface area contributed by atoms with Crippen molar-refractivity contribution in [1.82, 2.24) is 20.9 Å². The summed E-state index contributed by atoms with van der Waals surface area (Å²) in [6, 6.07) is 4.49. The van der Waals surface area contributed by atoms with E-state index in [0.29, 0.717) is 51.6 Å². The van der Waals surface area contributed by atoms with Crippen LogP contribution in [0.4, 0.5) is 4.79 Å². The summed E-state index contributed by atoms with van der Waals surface area (Å²) < 4.78 is 0. The molecule has 1 fully saturated rings. The number of fused-ring (bicyclic) bond motifs is 1. The smallest absolute Gasteiger partial charge is 0.312 e. The number of nitrogens with one attached hydrogen (secondary N) is 3. The number of likely N-dealkylation sites (N-methyl/N-ethyl adjacent to an activating group) is 1. The fourth-order valence-electron chi connectivity index (χ4n) is 5.08. The van der Waals surface area contributed by atoms with Crippen molar-refractivity contribution in [1.29, 1.82) is 0 Å². The van der Waals surface area contributed by atoms with Crippen LogP contribution in [0.1, 0.15) is 50.7 Å². The first-order valence-electron chi connectivity index (χ1n) is 12.3. The van der Waals surface area contributed by atoms with Gasteiger partial charge in [0.25, 0.3) is 5.91 Å². The van der Waals surface area contributed by atoms with Crippen LogP contribution in [0.25, 0.3) is 0 Å². The van der Waals surface area contributed by atoms with Crippen LogP contribution in [0.2, 0.25) is 0 Å². The molecule has 5 N–H and O–H groups in total. The predicted molar refractivity (Wildman–Crippen MR) is 129 cm³/mol. The summed E-state index contributed by atoms with van der Waals surface area (Å²) in [5.41, 5.74) is 7.66. The van der Waals surface area contributed by atoms with Gasteiger partial charge in [-0.1, -0.05) is 37.6 Å². The summed E-state index contributed by atoms with van der Waals surface area (Å²) in [6.45, 7) is 4.23. The zero-order chi connectivity index (χ0) is 25.5. The van der Waals surface area contributed by atoms with E-state index in [-0.39, 0.29) is 11.8 Å². The van der Waals surface area contributed by atoms with Crippen LogP contribution >= 0.6 is 0 Å². The number of likely N-dealkylation sites (tertiary alicyclic amines) is 1. The molecule has 0 spiro atoms.